The molecule has 0 atom stereocenters. The number of carbonyl (C=O) groups excluding carboxylic acids is 2. The standard InChI is InChI=1S/C21H28ClF3N4O3/c1-2-27-9-11-28(12-10-27)18-4-3-16(22)13-17(18)26-19(30)15-5-7-29(8-6-15)20(31)32-14-21(23,24)25/h3-4,13,15H,2,5-12,14H2,1H3,(H,26,30). The van der Waals surface area contributed by atoms with Gasteiger partial charge in [0.15, 0.2) is 6.61 Å². The summed E-state index contributed by atoms with van der Waals surface area (Å²) in [7, 11) is 0. The highest BCUT2D eigenvalue weighted by Crippen LogP contribution is 2.31. The fraction of sp³-hybridized carbons (Fsp3) is 0.619. The number of halogens is 4. The van der Waals surface area contributed by atoms with Crippen LogP contribution < -0.4 is 10.2 Å². The molecular weight excluding hydrogens is 449 g/mol. The summed E-state index contributed by atoms with van der Waals surface area (Å²) >= 11 is 6.17. The molecule has 3 rings (SSSR count). The lowest BCUT2D eigenvalue weighted by Crippen LogP contribution is -2.46. The Hall–Kier alpha value is -2.20. The number of piperidine rings is 1. The van der Waals surface area contributed by atoms with E-state index in [0.29, 0.717) is 23.6 Å². The van der Waals surface area contributed by atoms with Crippen LogP contribution in [0.15, 0.2) is 18.2 Å². The van der Waals surface area contributed by atoms with Crippen molar-refractivity contribution >= 4 is 35.0 Å². The van der Waals surface area contributed by atoms with E-state index >= 15 is 0 Å². The van der Waals surface area contributed by atoms with Gasteiger partial charge >= 0.3 is 12.3 Å². The molecule has 0 aliphatic carbocycles. The number of amides is 2. The van der Waals surface area contributed by atoms with E-state index in [1.807, 2.05) is 6.07 Å². The first-order valence-electron chi connectivity index (χ1n) is 10.7. The number of rotatable bonds is 5. The number of likely N-dealkylation sites (N-methyl/N-ethyl adjacent to an activating group) is 1. The molecule has 2 fully saturated rings. The van der Waals surface area contributed by atoms with Gasteiger partial charge in [-0.15, -0.1) is 0 Å². The van der Waals surface area contributed by atoms with Crippen molar-refractivity contribution in [1.29, 1.82) is 0 Å². The van der Waals surface area contributed by atoms with Gasteiger partial charge in [-0.05, 0) is 37.6 Å². The molecule has 0 radical (unpaired) electrons. The van der Waals surface area contributed by atoms with Crippen molar-refractivity contribution in [3.8, 4) is 0 Å². The van der Waals surface area contributed by atoms with Gasteiger partial charge in [-0.1, -0.05) is 18.5 Å². The molecule has 2 heterocycles. The summed E-state index contributed by atoms with van der Waals surface area (Å²) in [5.74, 6) is -0.547. The topological polar surface area (TPSA) is 65.1 Å². The van der Waals surface area contributed by atoms with Crippen molar-refractivity contribution in [1.82, 2.24) is 9.80 Å². The molecule has 1 N–H and O–H groups in total. The highest BCUT2D eigenvalue weighted by molar-refractivity contribution is 6.31. The fourth-order valence-corrected chi connectivity index (χ4v) is 4.16. The van der Waals surface area contributed by atoms with Crippen molar-refractivity contribution in [3.63, 3.8) is 0 Å². The molecule has 2 amide bonds. The first kappa shape index (κ1) is 24.4. The Kier molecular flexibility index (Phi) is 8.10. The minimum absolute atomic E-state index is 0.163. The maximum Gasteiger partial charge on any atom is 0.422 e. The van der Waals surface area contributed by atoms with E-state index in [0.717, 1.165) is 38.4 Å². The highest BCUT2D eigenvalue weighted by Gasteiger charge is 2.33. The number of alkyl halides is 3. The zero-order valence-electron chi connectivity index (χ0n) is 18.0. The van der Waals surface area contributed by atoms with Crippen LogP contribution >= 0.6 is 11.6 Å². The summed E-state index contributed by atoms with van der Waals surface area (Å²) in [5.41, 5.74) is 1.55. The Morgan fingerprint density at radius 3 is 2.38 bits per heavy atom. The molecule has 0 saturated carbocycles. The van der Waals surface area contributed by atoms with Crippen LogP contribution in [-0.4, -0.2) is 80.4 Å². The van der Waals surface area contributed by atoms with E-state index in [2.05, 4.69) is 26.8 Å². The molecule has 11 heteroatoms. The summed E-state index contributed by atoms with van der Waals surface area (Å²) in [4.78, 5) is 30.5. The average Bonchev–Trinajstić information content (AvgIpc) is 2.77. The quantitative estimate of drug-likeness (QED) is 0.699. The van der Waals surface area contributed by atoms with E-state index in [9.17, 15) is 22.8 Å². The van der Waals surface area contributed by atoms with Gasteiger partial charge in [0.1, 0.15) is 0 Å². The largest absolute Gasteiger partial charge is 0.440 e. The lowest BCUT2D eigenvalue weighted by Gasteiger charge is -2.36. The van der Waals surface area contributed by atoms with Gasteiger partial charge in [0.2, 0.25) is 5.91 Å². The Labute approximate surface area is 190 Å². The third-order valence-electron chi connectivity index (χ3n) is 5.86. The lowest BCUT2D eigenvalue weighted by atomic mass is 9.96. The van der Waals surface area contributed by atoms with Crippen LogP contribution in [0.3, 0.4) is 0 Å². The van der Waals surface area contributed by atoms with Crippen LogP contribution in [0.2, 0.25) is 5.02 Å². The lowest BCUT2D eigenvalue weighted by molar-refractivity contribution is -0.162. The zero-order chi connectivity index (χ0) is 23.3. The molecule has 1 aromatic carbocycles. The number of hydrogen-bond donors (Lipinski definition) is 1. The van der Waals surface area contributed by atoms with E-state index in [1.54, 1.807) is 12.1 Å². The van der Waals surface area contributed by atoms with Crippen molar-refractivity contribution < 1.29 is 27.5 Å². The smallest absolute Gasteiger partial charge is 0.422 e. The number of nitrogens with zero attached hydrogens (tertiary/aromatic N) is 3. The van der Waals surface area contributed by atoms with Crippen molar-refractivity contribution in [2.75, 3.05) is 62.6 Å². The highest BCUT2D eigenvalue weighted by atomic mass is 35.5. The third-order valence-corrected chi connectivity index (χ3v) is 6.10. The molecule has 0 aromatic heterocycles. The molecule has 32 heavy (non-hydrogen) atoms. The molecule has 178 valence electrons. The number of nitrogens with one attached hydrogen (secondary N) is 1. The van der Waals surface area contributed by atoms with E-state index in [1.165, 1.54) is 4.90 Å². The number of hydrogen-bond acceptors (Lipinski definition) is 5. The third kappa shape index (κ3) is 6.65. The SMILES string of the molecule is CCN1CCN(c2ccc(Cl)cc2NC(=O)C2CCN(C(=O)OCC(F)(F)F)CC2)CC1. The van der Waals surface area contributed by atoms with Gasteiger partial charge in [0, 0.05) is 50.2 Å². The van der Waals surface area contributed by atoms with E-state index in [-0.39, 0.29) is 24.9 Å². The van der Waals surface area contributed by atoms with Crippen molar-refractivity contribution in [3.05, 3.63) is 23.2 Å². The monoisotopic (exact) mass is 476 g/mol. The van der Waals surface area contributed by atoms with E-state index in [4.69, 9.17) is 11.6 Å². The second kappa shape index (κ2) is 10.6. The average molecular weight is 477 g/mol. The summed E-state index contributed by atoms with van der Waals surface area (Å²) < 4.78 is 41.0. The second-order valence-electron chi connectivity index (χ2n) is 8.00. The number of ether oxygens (including phenoxy) is 1. The predicted molar refractivity (Wildman–Crippen MR) is 116 cm³/mol. The maximum absolute atomic E-state index is 12.9. The van der Waals surface area contributed by atoms with Crippen LogP contribution in [0.1, 0.15) is 19.8 Å². The summed E-state index contributed by atoms with van der Waals surface area (Å²) in [5, 5.41) is 3.48. The minimum Gasteiger partial charge on any atom is -0.440 e. The zero-order valence-corrected chi connectivity index (χ0v) is 18.7. The number of carbonyl (C=O) groups is 2. The van der Waals surface area contributed by atoms with Gasteiger partial charge in [-0.3, -0.25) is 4.79 Å². The Morgan fingerprint density at radius 2 is 1.78 bits per heavy atom. The van der Waals surface area contributed by atoms with Crippen LogP contribution in [0.25, 0.3) is 0 Å². The first-order chi connectivity index (χ1) is 15.2. The molecule has 2 aliphatic heterocycles. The van der Waals surface area contributed by atoms with Crippen molar-refractivity contribution in [2.24, 2.45) is 5.92 Å². The van der Waals surface area contributed by atoms with E-state index < -0.39 is 18.9 Å². The number of likely N-dealkylation sites (tertiary alicyclic amines) is 1. The van der Waals surface area contributed by atoms with Crippen LogP contribution in [-0.2, 0) is 9.53 Å². The van der Waals surface area contributed by atoms with Gasteiger partial charge in [-0.2, -0.15) is 13.2 Å². The Balaban J connectivity index is 1.56. The summed E-state index contributed by atoms with van der Waals surface area (Å²) in [6.07, 6.45) is -4.88. The molecule has 0 bridgehead atoms. The molecule has 7 nitrogen and oxygen atoms in total. The minimum atomic E-state index is -4.56. The Morgan fingerprint density at radius 1 is 1.12 bits per heavy atom. The number of benzene rings is 1. The van der Waals surface area contributed by atoms with Crippen LogP contribution in [0.4, 0.5) is 29.3 Å². The van der Waals surface area contributed by atoms with Crippen LogP contribution in [0.5, 0.6) is 0 Å². The van der Waals surface area contributed by atoms with Gasteiger partial charge in [0.25, 0.3) is 0 Å². The van der Waals surface area contributed by atoms with Gasteiger partial charge < -0.3 is 24.8 Å². The molecule has 0 spiro atoms. The number of anilines is 2. The maximum atomic E-state index is 12.9. The Bertz CT molecular complexity index is 808. The van der Waals surface area contributed by atoms with Crippen molar-refractivity contribution in [2.45, 2.75) is 25.9 Å². The predicted octanol–water partition coefficient (Wildman–Crippen LogP) is 3.83. The van der Waals surface area contributed by atoms with Gasteiger partial charge in [0.05, 0.1) is 11.4 Å². The van der Waals surface area contributed by atoms with Crippen LogP contribution in [0, 0.1) is 5.92 Å². The molecule has 2 aliphatic rings. The fourth-order valence-electron chi connectivity index (χ4n) is 3.98. The first-order valence-corrected chi connectivity index (χ1v) is 11.1. The van der Waals surface area contributed by atoms with Gasteiger partial charge in [-0.25, -0.2) is 4.79 Å². The number of piperazine rings is 1. The summed E-state index contributed by atoms with van der Waals surface area (Å²) in [6, 6.07) is 5.42. The summed E-state index contributed by atoms with van der Waals surface area (Å²) in [6.45, 7) is 5.41. The molecule has 0 unspecified atom stereocenters. The second-order valence-corrected chi connectivity index (χ2v) is 8.44. The normalized spacial score (nSPS) is 18.5. The molecule has 2 saturated heterocycles. The molecular formula is C21H28ClF3N4O3. The molecule has 1 aromatic rings.